The van der Waals surface area contributed by atoms with Gasteiger partial charge in [-0.05, 0) is 88.4 Å². The summed E-state index contributed by atoms with van der Waals surface area (Å²) in [6, 6.07) is 20.7. The van der Waals surface area contributed by atoms with Crippen LogP contribution in [0.2, 0.25) is 0 Å². The molecule has 0 aliphatic carbocycles. The number of benzene rings is 3. The SMILES string of the molecule is CNC(=O)c1c[nH]c2c(C(C)C)cc(-c3cccc4cc(-c5ccc(C(=O)NCC/C=C/c6cccc7c6CN(C6CCC(=O)NC6=O)C7=O)nc5)ncc34)cc12. The zero-order valence-corrected chi connectivity index (χ0v) is 31.8. The Kier molecular flexibility index (Phi) is 9.93. The van der Waals surface area contributed by atoms with Crippen molar-refractivity contribution in [3.63, 3.8) is 0 Å². The van der Waals surface area contributed by atoms with Crippen LogP contribution >= 0.6 is 0 Å². The molecule has 4 N–H and O–H groups in total. The highest BCUT2D eigenvalue weighted by atomic mass is 16.2. The maximum absolute atomic E-state index is 13.1. The summed E-state index contributed by atoms with van der Waals surface area (Å²) in [4.78, 5) is 76.9. The summed E-state index contributed by atoms with van der Waals surface area (Å²) in [7, 11) is 1.63. The van der Waals surface area contributed by atoms with Gasteiger partial charge in [-0.2, -0.15) is 0 Å². The second kappa shape index (κ2) is 15.3. The van der Waals surface area contributed by atoms with Crippen molar-refractivity contribution in [3.05, 3.63) is 125 Å². The third-order valence-corrected chi connectivity index (χ3v) is 10.8. The van der Waals surface area contributed by atoms with Crippen molar-refractivity contribution in [2.45, 2.75) is 51.6 Å². The minimum Gasteiger partial charge on any atom is -0.360 e. The molecule has 3 aromatic carbocycles. The van der Waals surface area contributed by atoms with Crippen LogP contribution in [0.3, 0.4) is 0 Å². The average Bonchev–Trinajstić information content (AvgIpc) is 3.80. The van der Waals surface area contributed by atoms with E-state index in [1.807, 2.05) is 54.7 Å². The van der Waals surface area contributed by atoms with Gasteiger partial charge in [0.1, 0.15) is 11.7 Å². The van der Waals surface area contributed by atoms with Crippen LogP contribution in [0.15, 0.2) is 91.4 Å². The highest BCUT2D eigenvalue weighted by molar-refractivity contribution is 6.10. The molecule has 1 fully saturated rings. The smallest absolute Gasteiger partial charge is 0.269 e. The van der Waals surface area contributed by atoms with Gasteiger partial charge in [0, 0.05) is 72.6 Å². The van der Waals surface area contributed by atoms with E-state index in [0.717, 1.165) is 60.8 Å². The third kappa shape index (κ3) is 7.06. The molecule has 12 nitrogen and oxygen atoms in total. The number of hydrogen-bond acceptors (Lipinski definition) is 7. The number of rotatable bonds is 10. The Morgan fingerprint density at radius 1 is 0.930 bits per heavy atom. The summed E-state index contributed by atoms with van der Waals surface area (Å²) in [6.45, 7) is 4.96. The molecule has 1 unspecified atom stereocenters. The van der Waals surface area contributed by atoms with E-state index in [4.69, 9.17) is 4.98 Å². The topological polar surface area (TPSA) is 166 Å². The van der Waals surface area contributed by atoms with Crippen LogP contribution in [0.25, 0.3) is 50.1 Å². The Hall–Kier alpha value is -6.95. The molecule has 1 atom stereocenters. The van der Waals surface area contributed by atoms with Crippen LogP contribution in [0.1, 0.15) is 86.9 Å². The molecule has 6 aromatic rings. The van der Waals surface area contributed by atoms with Gasteiger partial charge in [0.25, 0.3) is 17.7 Å². The Labute approximate surface area is 328 Å². The van der Waals surface area contributed by atoms with Crippen molar-refractivity contribution < 1.29 is 24.0 Å². The van der Waals surface area contributed by atoms with Crippen molar-refractivity contribution in [1.82, 2.24) is 35.8 Å². The lowest BCUT2D eigenvalue weighted by Crippen LogP contribution is -2.52. The highest BCUT2D eigenvalue weighted by Crippen LogP contribution is 2.37. The second-order valence-electron chi connectivity index (χ2n) is 14.7. The fourth-order valence-electron chi connectivity index (χ4n) is 7.79. The van der Waals surface area contributed by atoms with Gasteiger partial charge in [0.2, 0.25) is 11.8 Å². The fourth-order valence-corrected chi connectivity index (χ4v) is 7.79. The molecule has 5 amide bonds. The van der Waals surface area contributed by atoms with Crippen LogP contribution in [0, 0.1) is 0 Å². The minimum atomic E-state index is -0.669. The van der Waals surface area contributed by atoms with Crippen LogP contribution in [0.4, 0.5) is 0 Å². The molecular formula is C45H41N7O5. The fraction of sp³-hybridized carbons (Fsp3) is 0.222. The first kappa shape index (κ1) is 37.0. The summed E-state index contributed by atoms with van der Waals surface area (Å²) in [5, 5.41) is 10.8. The number of carbonyl (C=O) groups excluding carboxylic acids is 5. The Balaban J connectivity index is 0.919. The van der Waals surface area contributed by atoms with E-state index in [1.165, 1.54) is 4.90 Å². The van der Waals surface area contributed by atoms with Gasteiger partial charge < -0.3 is 20.5 Å². The number of nitrogens with zero attached hydrogens (tertiary/aromatic N) is 3. The van der Waals surface area contributed by atoms with Gasteiger partial charge in [-0.1, -0.05) is 56.3 Å². The summed E-state index contributed by atoms with van der Waals surface area (Å²) in [5.74, 6) is -1.18. The Morgan fingerprint density at radius 2 is 1.75 bits per heavy atom. The van der Waals surface area contributed by atoms with Gasteiger partial charge in [0.15, 0.2) is 0 Å². The van der Waals surface area contributed by atoms with Crippen LogP contribution in [-0.2, 0) is 16.1 Å². The molecule has 0 saturated carbocycles. The Bertz CT molecular complexity index is 2640. The number of pyridine rings is 2. The van der Waals surface area contributed by atoms with Gasteiger partial charge in [0.05, 0.1) is 11.3 Å². The number of aromatic amines is 1. The number of hydrogen-bond donors (Lipinski definition) is 4. The number of carbonyl (C=O) groups is 5. The standard InChI is InChI=1S/C45H41N7O5/c1-25(2)32-18-29(19-33-35(42(54)46-3)23-50-41(32)33)30-11-7-10-27-20-38(49-22-34(27)30)28-13-14-37(48-21-28)43(55)47-17-5-4-8-26-9-6-12-31-36(26)24-52(45(31)57)39-15-16-40(53)51-44(39)56/h4,6-14,18-23,25,39,50H,5,15-17,24H2,1-3H3,(H,46,54)(H,47,55)(H,51,53,56)/b8-4+. The molecule has 2 aliphatic rings. The number of fused-ring (bicyclic) bond motifs is 3. The second-order valence-corrected chi connectivity index (χ2v) is 14.7. The van der Waals surface area contributed by atoms with Crippen LogP contribution < -0.4 is 16.0 Å². The van der Waals surface area contributed by atoms with E-state index in [-0.39, 0.29) is 41.7 Å². The molecule has 1 saturated heterocycles. The summed E-state index contributed by atoms with van der Waals surface area (Å²) in [6.07, 6.45) is 10.2. The van der Waals surface area contributed by atoms with Gasteiger partial charge in [-0.15, -0.1) is 0 Å². The minimum absolute atomic E-state index is 0.141. The van der Waals surface area contributed by atoms with Crippen LogP contribution in [-0.4, -0.2) is 69.0 Å². The lowest BCUT2D eigenvalue weighted by molar-refractivity contribution is -0.136. The van der Waals surface area contributed by atoms with Gasteiger partial charge in [-0.25, -0.2) is 0 Å². The molecule has 57 heavy (non-hydrogen) atoms. The van der Waals surface area contributed by atoms with E-state index in [0.29, 0.717) is 37.1 Å². The first-order chi connectivity index (χ1) is 27.6. The van der Waals surface area contributed by atoms with E-state index in [9.17, 15) is 24.0 Å². The molecular weight excluding hydrogens is 719 g/mol. The molecule has 8 rings (SSSR count). The molecule has 5 heterocycles. The number of imide groups is 1. The predicted octanol–water partition coefficient (Wildman–Crippen LogP) is 6.52. The van der Waals surface area contributed by atoms with Gasteiger partial charge >= 0.3 is 0 Å². The normalized spacial score (nSPS) is 15.5. The number of piperidine rings is 1. The number of amides is 5. The third-order valence-electron chi connectivity index (χ3n) is 10.8. The van der Waals surface area contributed by atoms with Crippen molar-refractivity contribution in [3.8, 4) is 22.4 Å². The molecule has 0 spiro atoms. The molecule has 12 heteroatoms. The Morgan fingerprint density at radius 3 is 2.53 bits per heavy atom. The summed E-state index contributed by atoms with van der Waals surface area (Å²) >= 11 is 0. The van der Waals surface area contributed by atoms with Crippen molar-refractivity contribution in [2.75, 3.05) is 13.6 Å². The van der Waals surface area contributed by atoms with E-state index in [2.05, 4.69) is 58.0 Å². The molecule has 2 aliphatic heterocycles. The zero-order chi connectivity index (χ0) is 39.8. The molecule has 0 bridgehead atoms. The number of aromatic nitrogens is 3. The quantitative estimate of drug-likeness (QED) is 0.0912. The van der Waals surface area contributed by atoms with E-state index < -0.39 is 11.9 Å². The molecule has 0 radical (unpaired) electrons. The van der Waals surface area contributed by atoms with Gasteiger partial charge in [-0.3, -0.25) is 39.3 Å². The lowest BCUT2D eigenvalue weighted by Gasteiger charge is -2.29. The summed E-state index contributed by atoms with van der Waals surface area (Å²) in [5.41, 5.74) is 8.76. The zero-order valence-electron chi connectivity index (χ0n) is 31.8. The monoisotopic (exact) mass is 759 g/mol. The van der Waals surface area contributed by atoms with Crippen molar-refractivity contribution in [2.24, 2.45) is 0 Å². The van der Waals surface area contributed by atoms with E-state index in [1.54, 1.807) is 31.6 Å². The maximum atomic E-state index is 13.1. The highest BCUT2D eigenvalue weighted by Gasteiger charge is 2.39. The first-order valence-electron chi connectivity index (χ1n) is 19.0. The van der Waals surface area contributed by atoms with Crippen molar-refractivity contribution >= 4 is 57.3 Å². The van der Waals surface area contributed by atoms with Crippen LogP contribution in [0.5, 0.6) is 0 Å². The average molecular weight is 760 g/mol. The predicted molar refractivity (Wildman–Crippen MR) is 218 cm³/mol. The maximum Gasteiger partial charge on any atom is 0.269 e. The van der Waals surface area contributed by atoms with Crippen molar-refractivity contribution in [1.29, 1.82) is 0 Å². The largest absolute Gasteiger partial charge is 0.360 e. The number of nitrogens with one attached hydrogen (secondary N) is 4. The first-order valence-corrected chi connectivity index (χ1v) is 19.0. The van der Waals surface area contributed by atoms with E-state index >= 15 is 0 Å². The molecule has 286 valence electrons. The summed E-state index contributed by atoms with van der Waals surface area (Å²) < 4.78 is 0. The lowest BCUT2D eigenvalue weighted by atomic mass is 9.91. The molecule has 3 aromatic heterocycles. The number of H-pyrrole nitrogens is 1.